The molecule has 0 saturated carbocycles. The van der Waals surface area contributed by atoms with Crippen molar-refractivity contribution in [1.82, 2.24) is 4.90 Å². The van der Waals surface area contributed by atoms with Crippen LogP contribution in [0.15, 0.2) is 39.5 Å². The van der Waals surface area contributed by atoms with Gasteiger partial charge in [-0.1, -0.05) is 18.2 Å². The fourth-order valence-corrected chi connectivity index (χ4v) is 4.60. The van der Waals surface area contributed by atoms with Crippen molar-refractivity contribution in [3.8, 4) is 5.75 Å². The predicted octanol–water partition coefficient (Wildman–Crippen LogP) is 2.88. The summed E-state index contributed by atoms with van der Waals surface area (Å²) in [5, 5.41) is 0. The van der Waals surface area contributed by atoms with Gasteiger partial charge in [0.15, 0.2) is 0 Å². The molecule has 1 unspecified atom stereocenters. The van der Waals surface area contributed by atoms with E-state index in [4.69, 9.17) is 13.9 Å². The number of nitrogens with zero attached hydrogens (tertiary/aromatic N) is 1. The smallest absolute Gasteiger partial charge is 0.349 e. The van der Waals surface area contributed by atoms with Crippen molar-refractivity contribution >= 4 is 5.91 Å². The second kappa shape index (κ2) is 6.48. The van der Waals surface area contributed by atoms with Gasteiger partial charge < -0.3 is 18.8 Å². The van der Waals surface area contributed by atoms with Crippen molar-refractivity contribution < 1.29 is 18.7 Å². The van der Waals surface area contributed by atoms with Gasteiger partial charge >= 0.3 is 5.63 Å². The fraction of sp³-hybridized carbons (Fsp3) is 0.455. The number of para-hydroxylation sites is 1. The maximum Gasteiger partial charge on any atom is 0.349 e. The lowest BCUT2D eigenvalue weighted by molar-refractivity contribution is -0.0293. The zero-order valence-corrected chi connectivity index (χ0v) is 15.9. The summed E-state index contributed by atoms with van der Waals surface area (Å²) in [5.74, 6) is 1.20. The van der Waals surface area contributed by atoms with Crippen LogP contribution in [0, 0.1) is 12.3 Å². The Morgan fingerprint density at radius 3 is 2.82 bits per heavy atom. The van der Waals surface area contributed by atoms with Gasteiger partial charge in [0.2, 0.25) is 0 Å². The molecule has 1 aromatic heterocycles. The van der Waals surface area contributed by atoms with Crippen molar-refractivity contribution in [2.24, 2.45) is 5.41 Å². The van der Waals surface area contributed by atoms with Crippen molar-refractivity contribution in [3.63, 3.8) is 0 Å². The summed E-state index contributed by atoms with van der Waals surface area (Å²) in [7, 11) is 0. The zero-order chi connectivity index (χ0) is 19.3. The minimum Gasteiger partial charge on any atom is -0.493 e. The molecule has 0 bridgehead atoms. The number of fused-ring (bicyclic) bond motifs is 1. The molecular formula is C22H23NO5. The van der Waals surface area contributed by atoms with Crippen LogP contribution in [0.3, 0.4) is 0 Å². The van der Waals surface area contributed by atoms with E-state index in [1.165, 1.54) is 5.56 Å². The standard InChI is InChI=1S/C22H23NO5/c1-14-9-18(17-7-4-8-26-17)28-21(25)19(14)20(24)23-11-22(12-23)10-15-5-2-3-6-16(15)27-13-22/h2-3,5-6,9,17H,4,7-8,10-13H2,1H3. The van der Waals surface area contributed by atoms with Crippen LogP contribution < -0.4 is 10.4 Å². The predicted molar refractivity (Wildman–Crippen MR) is 102 cm³/mol. The lowest BCUT2D eigenvalue weighted by Crippen LogP contribution is -2.63. The molecule has 3 aliphatic heterocycles. The molecule has 1 atom stereocenters. The average molecular weight is 381 g/mol. The lowest BCUT2D eigenvalue weighted by Gasteiger charge is -2.51. The third kappa shape index (κ3) is 2.83. The van der Waals surface area contributed by atoms with Crippen LogP contribution in [0.5, 0.6) is 5.75 Å². The Balaban J connectivity index is 1.33. The first-order valence-corrected chi connectivity index (χ1v) is 9.81. The van der Waals surface area contributed by atoms with Crippen LogP contribution in [-0.4, -0.2) is 37.1 Å². The molecule has 2 saturated heterocycles. The number of aryl methyl sites for hydroxylation is 1. The fourth-order valence-electron chi connectivity index (χ4n) is 4.60. The monoisotopic (exact) mass is 381 g/mol. The van der Waals surface area contributed by atoms with E-state index in [-0.39, 0.29) is 23.0 Å². The summed E-state index contributed by atoms with van der Waals surface area (Å²) < 4.78 is 16.9. The van der Waals surface area contributed by atoms with Gasteiger partial charge in [-0.05, 0) is 49.4 Å². The molecule has 3 aliphatic rings. The highest BCUT2D eigenvalue weighted by atomic mass is 16.5. The van der Waals surface area contributed by atoms with Crippen LogP contribution in [0.4, 0.5) is 0 Å². The van der Waals surface area contributed by atoms with E-state index in [9.17, 15) is 9.59 Å². The molecule has 0 N–H and O–H groups in total. The Bertz CT molecular complexity index is 983. The van der Waals surface area contributed by atoms with E-state index in [0.717, 1.165) is 25.0 Å². The van der Waals surface area contributed by atoms with Gasteiger partial charge in [0.05, 0.1) is 6.61 Å². The zero-order valence-electron chi connectivity index (χ0n) is 15.9. The second-order valence-corrected chi connectivity index (χ2v) is 8.23. The van der Waals surface area contributed by atoms with Gasteiger partial charge in [-0.3, -0.25) is 4.79 Å². The highest BCUT2D eigenvalue weighted by Crippen LogP contribution is 2.41. The highest BCUT2D eigenvalue weighted by Gasteiger charge is 2.48. The molecule has 1 amide bonds. The molecule has 28 heavy (non-hydrogen) atoms. The molecule has 4 heterocycles. The molecule has 146 valence electrons. The Kier molecular flexibility index (Phi) is 4.05. The van der Waals surface area contributed by atoms with Crippen molar-refractivity contribution in [1.29, 1.82) is 0 Å². The maximum absolute atomic E-state index is 13.0. The number of hydrogen-bond acceptors (Lipinski definition) is 5. The Labute approximate surface area is 163 Å². The van der Waals surface area contributed by atoms with Gasteiger partial charge in [0, 0.05) is 25.1 Å². The molecule has 2 fully saturated rings. The SMILES string of the molecule is Cc1cc(C2CCCO2)oc(=O)c1C(=O)N1CC2(COc3ccccc3C2)C1. The van der Waals surface area contributed by atoms with Crippen LogP contribution >= 0.6 is 0 Å². The Morgan fingerprint density at radius 2 is 2.07 bits per heavy atom. The number of rotatable bonds is 2. The van der Waals surface area contributed by atoms with E-state index < -0.39 is 5.63 Å². The molecule has 1 spiro atoms. The quantitative estimate of drug-likeness (QED) is 0.800. The van der Waals surface area contributed by atoms with Gasteiger partial charge in [0.25, 0.3) is 5.91 Å². The summed E-state index contributed by atoms with van der Waals surface area (Å²) in [6, 6.07) is 9.81. The Hall–Kier alpha value is -2.60. The number of hydrogen-bond donors (Lipinski definition) is 0. The van der Waals surface area contributed by atoms with Gasteiger partial charge in [0.1, 0.15) is 23.2 Å². The van der Waals surface area contributed by atoms with Crippen LogP contribution in [0.2, 0.25) is 0 Å². The maximum atomic E-state index is 13.0. The minimum absolute atomic E-state index is 0.0598. The third-order valence-corrected chi connectivity index (χ3v) is 6.04. The highest BCUT2D eigenvalue weighted by molar-refractivity contribution is 5.95. The van der Waals surface area contributed by atoms with E-state index in [1.54, 1.807) is 17.9 Å². The summed E-state index contributed by atoms with van der Waals surface area (Å²) in [6.07, 6.45) is 2.50. The number of carbonyl (C=O) groups is 1. The molecule has 1 aromatic carbocycles. The van der Waals surface area contributed by atoms with Gasteiger partial charge in [-0.2, -0.15) is 0 Å². The number of benzene rings is 1. The molecule has 0 aliphatic carbocycles. The lowest BCUT2D eigenvalue weighted by atomic mass is 9.73. The van der Waals surface area contributed by atoms with E-state index in [1.807, 2.05) is 18.2 Å². The summed E-state index contributed by atoms with van der Waals surface area (Å²) in [6.45, 7) is 4.24. The first kappa shape index (κ1) is 17.5. The second-order valence-electron chi connectivity index (χ2n) is 8.23. The molecule has 5 rings (SSSR count). The topological polar surface area (TPSA) is 69.0 Å². The van der Waals surface area contributed by atoms with Crippen LogP contribution in [0.1, 0.15) is 46.2 Å². The number of carbonyl (C=O) groups excluding carboxylic acids is 1. The number of amides is 1. The van der Waals surface area contributed by atoms with E-state index in [0.29, 0.717) is 37.6 Å². The average Bonchev–Trinajstić information content (AvgIpc) is 3.19. The van der Waals surface area contributed by atoms with Crippen molar-refractivity contribution in [2.75, 3.05) is 26.3 Å². The Morgan fingerprint density at radius 1 is 1.25 bits per heavy atom. The molecule has 6 nitrogen and oxygen atoms in total. The van der Waals surface area contributed by atoms with Crippen molar-refractivity contribution in [3.05, 3.63) is 63.2 Å². The van der Waals surface area contributed by atoms with E-state index >= 15 is 0 Å². The van der Waals surface area contributed by atoms with Crippen LogP contribution in [-0.2, 0) is 11.2 Å². The van der Waals surface area contributed by atoms with E-state index in [2.05, 4.69) is 6.07 Å². The number of likely N-dealkylation sites (tertiary alicyclic amines) is 1. The first-order valence-electron chi connectivity index (χ1n) is 9.81. The molecule has 2 aromatic rings. The summed E-state index contributed by atoms with van der Waals surface area (Å²) >= 11 is 0. The largest absolute Gasteiger partial charge is 0.493 e. The first-order chi connectivity index (χ1) is 13.5. The summed E-state index contributed by atoms with van der Waals surface area (Å²) in [4.78, 5) is 27.2. The normalized spacial score (nSPS) is 22.5. The van der Waals surface area contributed by atoms with Crippen LogP contribution in [0.25, 0.3) is 0 Å². The van der Waals surface area contributed by atoms with Crippen molar-refractivity contribution in [2.45, 2.75) is 32.3 Å². The molecule has 0 radical (unpaired) electrons. The number of ether oxygens (including phenoxy) is 2. The molecular weight excluding hydrogens is 358 g/mol. The minimum atomic E-state index is -0.568. The van der Waals surface area contributed by atoms with Gasteiger partial charge in [-0.25, -0.2) is 4.79 Å². The third-order valence-electron chi connectivity index (χ3n) is 6.04. The molecule has 6 heteroatoms. The van der Waals surface area contributed by atoms with Gasteiger partial charge in [-0.15, -0.1) is 0 Å². The summed E-state index contributed by atoms with van der Waals surface area (Å²) in [5.41, 5.74) is 1.33.